The third-order valence-electron chi connectivity index (χ3n) is 2.50. The van der Waals surface area contributed by atoms with Crippen molar-refractivity contribution in [2.24, 2.45) is 12.9 Å². The van der Waals surface area contributed by atoms with Gasteiger partial charge in [0, 0.05) is 23.3 Å². The van der Waals surface area contributed by atoms with E-state index in [2.05, 4.69) is 26.5 Å². The summed E-state index contributed by atoms with van der Waals surface area (Å²) < 4.78 is 2.59. The number of aromatic nitrogens is 2. The minimum Gasteiger partial charge on any atom is -0.275 e. The lowest BCUT2D eigenvalue weighted by atomic mass is 10.0. The van der Waals surface area contributed by atoms with Crippen LogP contribution in [0.25, 0.3) is 0 Å². The Hall–Kier alpha value is -0.880. The van der Waals surface area contributed by atoms with Gasteiger partial charge in [-0.3, -0.25) is 10.5 Å². The van der Waals surface area contributed by atoms with Crippen molar-refractivity contribution in [1.82, 2.24) is 15.2 Å². The fourth-order valence-electron chi connectivity index (χ4n) is 1.67. The molecule has 0 saturated heterocycles. The zero-order valence-corrected chi connectivity index (χ0v) is 11.5. The molecule has 2 aromatic rings. The molecule has 17 heavy (non-hydrogen) atoms. The van der Waals surface area contributed by atoms with Crippen molar-refractivity contribution < 1.29 is 0 Å². The Bertz CT molecular complexity index is 526. The minimum atomic E-state index is -0.0998. The topological polar surface area (TPSA) is 55.9 Å². The van der Waals surface area contributed by atoms with Gasteiger partial charge in [0.05, 0.1) is 17.3 Å². The summed E-state index contributed by atoms with van der Waals surface area (Å²) in [5, 5.41) is 4.81. The predicted molar refractivity (Wildman–Crippen MR) is 71.5 cm³/mol. The zero-order valence-electron chi connectivity index (χ0n) is 9.19. The molecular formula is C11H12BrClN4. The molecule has 2 rings (SSSR count). The molecule has 1 heterocycles. The van der Waals surface area contributed by atoms with Crippen LogP contribution in [0.4, 0.5) is 0 Å². The van der Waals surface area contributed by atoms with Crippen molar-refractivity contribution in [2.75, 3.05) is 0 Å². The first kappa shape index (κ1) is 12.6. The number of hydrazine groups is 1. The first-order valence-corrected chi connectivity index (χ1v) is 6.18. The highest BCUT2D eigenvalue weighted by Crippen LogP contribution is 2.28. The molecular weight excluding hydrogens is 304 g/mol. The van der Waals surface area contributed by atoms with Crippen LogP contribution in [0.3, 0.4) is 0 Å². The van der Waals surface area contributed by atoms with Crippen molar-refractivity contribution in [3.05, 3.63) is 51.2 Å². The lowest BCUT2D eigenvalue weighted by Gasteiger charge is -2.15. The van der Waals surface area contributed by atoms with E-state index in [1.165, 1.54) is 0 Å². The monoisotopic (exact) mass is 314 g/mol. The smallest absolute Gasteiger partial charge is 0.0741 e. The van der Waals surface area contributed by atoms with Crippen LogP contribution in [0.5, 0.6) is 0 Å². The van der Waals surface area contributed by atoms with Crippen LogP contribution in [-0.2, 0) is 7.05 Å². The molecule has 0 bridgehead atoms. The number of halogens is 2. The average molecular weight is 316 g/mol. The Labute approximate surface area is 113 Å². The van der Waals surface area contributed by atoms with Crippen LogP contribution in [0.2, 0.25) is 5.02 Å². The summed E-state index contributed by atoms with van der Waals surface area (Å²) in [5.74, 6) is 5.60. The Morgan fingerprint density at radius 3 is 2.76 bits per heavy atom. The van der Waals surface area contributed by atoms with Gasteiger partial charge in [0.25, 0.3) is 0 Å². The largest absolute Gasteiger partial charge is 0.275 e. The van der Waals surface area contributed by atoms with Crippen molar-refractivity contribution in [2.45, 2.75) is 6.04 Å². The summed E-state index contributed by atoms with van der Waals surface area (Å²) in [5.41, 5.74) is 4.81. The second-order valence-corrected chi connectivity index (χ2v) is 4.98. The Kier molecular flexibility index (Phi) is 3.83. The molecule has 0 aliphatic rings. The highest BCUT2D eigenvalue weighted by molar-refractivity contribution is 9.10. The van der Waals surface area contributed by atoms with Gasteiger partial charge >= 0.3 is 0 Å². The third-order valence-corrected chi connectivity index (χ3v) is 3.72. The maximum Gasteiger partial charge on any atom is 0.0741 e. The van der Waals surface area contributed by atoms with Gasteiger partial charge in [-0.15, -0.1) is 0 Å². The average Bonchev–Trinajstić information content (AvgIpc) is 2.71. The number of nitrogens with two attached hydrogens (primary N) is 1. The van der Waals surface area contributed by atoms with Crippen LogP contribution in [0.15, 0.2) is 35.1 Å². The number of nitrogens with zero attached hydrogens (tertiary/aromatic N) is 2. The fraction of sp³-hybridized carbons (Fsp3) is 0.182. The first-order chi connectivity index (χ1) is 8.11. The first-order valence-electron chi connectivity index (χ1n) is 5.01. The predicted octanol–water partition coefficient (Wildman–Crippen LogP) is 2.39. The van der Waals surface area contributed by atoms with Gasteiger partial charge in [0.1, 0.15) is 0 Å². The summed E-state index contributed by atoms with van der Waals surface area (Å²) in [6.45, 7) is 0. The van der Waals surface area contributed by atoms with Gasteiger partial charge in [0.2, 0.25) is 0 Å². The summed E-state index contributed by atoms with van der Waals surface area (Å²) in [4.78, 5) is 0. The van der Waals surface area contributed by atoms with Gasteiger partial charge in [-0.1, -0.05) is 17.7 Å². The molecule has 1 aromatic heterocycles. The Balaban J connectivity index is 2.38. The van der Waals surface area contributed by atoms with Crippen LogP contribution in [0, 0.1) is 0 Å². The van der Waals surface area contributed by atoms with E-state index in [0.717, 1.165) is 15.6 Å². The SMILES string of the molecule is Cn1cc(C(NN)c2ccc(Cl)c(Br)c2)cn1. The molecule has 1 unspecified atom stereocenters. The van der Waals surface area contributed by atoms with Crippen molar-refractivity contribution in [1.29, 1.82) is 0 Å². The van der Waals surface area contributed by atoms with Gasteiger partial charge in [-0.05, 0) is 33.6 Å². The van der Waals surface area contributed by atoms with Gasteiger partial charge in [-0.2, -0.15) is 5.10 Å². The summed E-state index contributed by atoms with van der Waals surface area (Å²) >= 11 is 9.36. The highest BCUT2D eigenvalue weighted by atomic mass is 79.9. The van der Waals surface area contributed by atoms with Gasteiger partial charge < -0.3 is 0 Å². The fourth-order valence-corrected chi connectivity index (χ4v) is 2.18. The number of rotatable bonds is 3. The zero-order chi connectivity index (χ0) is 12.4. The second kappa shape index (κ2) is 5.18. The number of benzene rings is 1. The number of hydrogen-bond acceptors (Lipinski definition) is 3. The molecule has 0 radical (unpaired) electrons. The maximum absolute atomic E-state index is 5.96. The van der Waals surface area contributed by atoms with Crippen molar-refractivity contribution in [3.63, 3.8) is 0 Å². The normalized spacial score (nSPS) is 12.7. The Morgan fingerprint density at radius 1 is 1.47 bits per heavy atom. The van der Waals surface area contributed by atoms with E-state index >= 15 is 0 Å². The molecule has 0 aliphatic carbocycles. The molecule has 0 spiro atoms. The lowest BCUT2D eigenvalue weighted by molar-refractivity contribution is 0.635. The summed E-state index contributed by atoms with van der Waals surface area (Å²) in [7, 11) is 1.87. The van der Waals surface area contributed by atoms with E-state index < -0.39 is 0 Å². The van der Waals surface area contributed by atoms with E-state index in [1.807, 2.05) is 31.4 Å². The van der Waals surface area contributed by atoms with E-state index in [-0.39, 0.29) is 6.04 Å². The Morgan fingerprint density at radius 2 is 2.24 bits per heavy atom. The number of hydrogen-bond donors (Lipinski definition) is 2. The minimum absolute atomic E-state index is 0.0998. The lowest BCUT2D eigenvalue weighted by Crippen LogP contribution is -2.28. The van der Waals surface area contributed by atoms with Gasteiger partial charge in [-0.25, -0.2) is 5.43 Å². The van der Waals surface area contributed by atoms with Crippen molar-refractivity contribution in [3.8, 4) is 0 Å². The standard InChI is InChI=1S/C11H12BrClN4/c1-17-6-8(5-15-17)11(16-14)7-2-3-10(13)9(12)4-7/h2-6,11,16H,14H2,1H3. The molecule has 1 atom stereocenters. The molecule has 4 nitrogen and oxygen atoms in total. The summed E-state index contributed by atoms with van der Waals surface area (Å²) in [6.07, 6.45) is 3.71. The molecule has 0 fully saturated rings. The number of nitrogens with one attached hydrogen (secondary N) is 1. The van der Waals surface area contributed by atoms with Crippen LogP contribution >= 0.6 is 27.5 Å². The van der Waals surface area contributed by atoms with E-state index in [0.29, 0.717) is 5.02 Å². The van der Waals surface area contributed by atoms with E-state index in [1.54, 1.807) is 10.9 Å². The molecule has 3 N–H and O–H groups in total. The van der Waals surface area contributed by atoms with Crippen LogP contribution in [0.1, 0.15) is 17.2 Å². The second-order valence-electron chi connectivity index (χ2n) is 3.72. The molecule has 0 aliphatic heterocycles. The van der Waals surface area contributed by atoms with Crippen LogP contribution < -0.4 is 11.3 Å². The van der Waals surface area contributed by atoms with Gasteiger partial charge in [0.15, 0.2) is 0 Å². The number of aryl methyl sites for hydroxylation is 1. The molecule has 1 aromatic carbocycles. The summed E-state index contributed by atoms with van der Waals surface area (Å²) in [6, 6.07) is 5.61. The van der Waals surface area contributed by atoms with Crippen LogP contribution in [-0.4, -0.2) is 9.78 Å². The van der Waals surface area contributed by atoms with E-state index in [9.17, 15) is 0 Å². The molecule has 0 saturated carbocycles. The van der Waals surface area contributed by atoms with Crippen molar-refractivity contribution >= 4 is 27.5 Å². The molecule has 6 heteroatoms. The highest BCUT2D eigenvalue weighted by Gasteiger charge is 2.14. The molecule has 0 amide bonds. The molecule has 90 valence electrons. The quantitative estimate of drug-likeness (QED) is 0.675. The van der Waals surface area contributed by atoms with E-state index in [4.69, 9.17) is 17.4 Å². The third kappa shape index (κ3) is 2.69. The maximum atomic E-state index is 5.96.